The summed E-state index contributed by atoms with van der Waals surface area (Å²) in [4.78, 5) is 27.3. The number of halogens is 1. The minimum Gasteiger partial charge on any atom is -0.492 e. The Morgan fingerprint density at radius 3 is 2.50 bits per heavy atom. The highest BCUT2D eigenvalue weighted by atomic mass is 19.1. The molecule has 7 heterocycles. The molecule has 234 valence electrons. The van der Waals surface area contributed by atoms with E-state index in [2.05, 4.69) is 41.0 Å². The zero-order valence-corrected chi connectivity index (χ0v) is 25.7. The Balaban J connectivity index is 1.08. The van der Waals surface area contributed by atoms with Crippen LogP contribution in [0, 0.1) is 5.82 Å². The number of H-pyrrole nitrogens is 2. The number of fused-ring (bicyclic) bond motifs is 2. The van der Waals surface area contributed by atoms with Crippen LogP contribution in [0.25, 0.3) is 56.1 Å². The van der Waals surface area contributed by atoms with E-state index >= 15 is 0 Å². The van der Waals surface area contributed by atoms with E-state index in [0.717, 1.165) is 61.6 Å². The predicted octanol–water partition coefficient (Wildman–Crippen LogP) is 6.22. The van der Waals surface area contributed by atoms with Crippen molar-refractivity contribution in [2.45, 2.75) is 38.6 Å². The quantitative estimate of drug-likeness (QED) is 0.197. The average Bonchev–Trinajstić information content (AvgIpc) is 3.85. The van der Waals surface area contributed by atoms with Gasteiger partial charge in [0.1, 0.15) is 29.2 Å². The number of benzene rings is 1. The minimum atomic E-state index is -0.382. The van der Waals surface area contributed by atoms with Crippen LogP contribution in [0.15, 0.2) is 61.1 Å². The third-order valence-electron chi connectivity index (χ3n) is 9.00. The van der Waals surface area contributed by atoms with Gasteiger partial charge in [-0.2, -0.15) is 5.10 Å². The Bertz CT molecular complexity index is 1990. The normalized spacial score (nSPS) is 16.1. The zero-order chi connectivity index (χ0) is 30.9. The molecule has 5 aromatic heterocycles. The number of nitrogens with one attached hydrogen (secondary N) is 2. The first-order valence-corrected chi connectivity index (χ1v) is 16.2. The molecule has 10 nitrogen and oxygen atoms in total. The molecule has 6 aromatic rings. The van der Waals surface area contributed by atoms with Gasteiger partial charge in [-0.25, -0.2) is 14.4 Å². The Kier molecular flexibility index (Phi) is 7.85. The monoisotopic (exact) mass is 617 g/mol. The molecule has 2 fully saturated rings. The third kappa shape index (κ3) is 5.95. The molecule has 0 bridgehead atoms. The summed E-state index contributed by atoms with van der Waals surface area (Å²) in [6.45, 7) is 6.69. The van der Waals surface area contributed by atoms with Gasteiger partial charge in [0.2, 0.25) is 0 Å². The molecule has 0 radical (unpaired) electrons. The largest absolute Gasteiger partial charge is 0.492 e. The highest BCUT2D eigenvalue weighted by Crippen LogP contribution is 2.32. The number of ether oxygens (including phenoxy) is 1. The van der Waals surface area contributed by atoms with Crippen LogP contribution in [0.2, 0.25) is 0 Å². The number of aromatic amines is 2. The lowest BCUT2D eigenvalue weighted by Crippen LogP contribution is -2.29. The number of imidazole rings is 1. The van der Waals surface area contributed by atoms with Gasteiger partial charge in [0.05, 0.1) is 22.4 Å². The van der Waals surface area contributed by atoms with Crippen LogP contribution >= 0.6 is 0 Å². The van der Waals surface area contributed by atoms with E-state index in [-0.39, 0.29) is 5.82 Å². The SMILES string of the molecule is Fc1cc(OCCN2CCCC2)cc(-c2nccc3[nH]c(-c4n[nH]c5ccc(-c6cncc(CN7CCCCC7)c6)nc45)nc23)c1. The maximum absolute atomic E-state index is 14.8. The molecule has 11 heteroatoms. The fourth-order valence-corrected chi connectivity index (χ4v) is 6.66. The number of nitrogens with zero attached hydrogens (tertiary/aromatic N) is 7. The first-order chi connectivity index (χ1) is 22.7. The molecule has 2 aliphatic heterocycles. The van der Waals surface area contributed by atoms with Gasteiger partial charge in [0, 0.05) is 48.9 Å². The first kappa shape index (κ1) is 28.7. The fraction of sp³-hybridized carbons (Fsp3) is 0.343. The van der Waals surface area contributed by atoms with E-state index < -0.39 is 0 Å². The number of piperidine rings is 1. The molecule has 0 atom stereocenters. The molecule has 2 N–H and O–H groups in total. The highest BCUT2D eigenvalue weighted by Gasteiger charge is 2.19. The number of aromatic nitrogens is 7. The number of hydrogen-bond donors (Lipinski definition) is 2. The summed E-state index contributed by atoms with van der Waals surface area (Å²) in [5.41, 5.74) is 7.62. The summed E-state index contributed by atoms with van der Waals surface area (Å²) in [7, 11) is 0. The van der Waals surface area contributed by atoms with Crippen LogP contribution < -0.4 is 4.74 Å². The van der Waals surface area contributed by atoms with E-state index in [4.69, 9.17) is 14.7 Å². The number of likely N-dealkylation sites (tertiary alicyclic amines) is 2. The van der Waals surface area contributed by atoms with E-state index in [1.807, 2.05) is 36.7 Å². The summed E-state index contributed by atoms with van der Waals surface area (Å²) in [6, 6.07) is 12.7. The van der Waals surface area contributed by atoms with Crippen LogP contribution in [-0.4, -0.2) is 84.2 Å². The average molecular weight is 618 g/mol. The van der Waals surface area contributed by atoms with Crippen molar-refractivity contribution in [1.29, 1.82) is 0 Å². The Morgan fingerprint density at radius 2 is 1.61 bits per heavy atom. The summed E-state index contributed by atoms with van der Waals surface area (Å²) in [6.07, 6.45) is 11.8. The van der Waals surface area contributed by atoms with Crippen LogP contribution in [-0.2, 0) is 6.54 Å². The molecular formula is C35H36FN9O. The molecule has 0 unspecified atom stereocenters. The van der Waals surface area contributed by atoms with Crippen molar-refractivity contribution >= 4 is 22.1 Å². The first-order valence-electron chi connectivity index (χ1n) is 16.2. The van der Waals surface area contributed by atoms with Crippen LogP contribution in [0.5, 0.6) is 5.75 Å². The predicted molar refractivity (Wildman–Crippen MR) is 176 cm³/mol. The van der Waals surface area contributed by atoms with Crippen LogP contribution in [0.1, 0.15) is 37.7 Å². The van der Waals surface area contributed by atoms with Crippen molar-refractivity contribution in [3.05, 3.63) is 72.4 Å². The maximum atomic E-state index is 14.8. The Labute approximate surface area is 266 Å². The van der Waals surface area contributed by atoms with Gasteiger partial charge in [-0.15, -0.1) is 0 Å². The lowest BCUT2D eigenvalue weighted by atomic mass is 10.1. The van der Waals surface area contributed by atoms with Crippen molar-refractivity contribution < 1.29 is 9.13 Å². The second-order valence-electron chi connectivity index (χ2n) is 12.3. The summed E-state index contributed by atoms with van der Waals surface area (Å²) < 4.78 is 20.8. The second kappa shape index (κ2) is 12.6. The summed E-state index contributed by atoms with van der Waals surface area (Å²) in [5, 5.41) is 7.68. The van der Waals surface area contributed by atoms with E-state index in [0.29, 0.717) is 46.2 Å². The van der Waals surface area contributed by atoms with Crippen LogP contribution in [0.3, 0.4) is 0 Å². The highest BCUT2D eigenvalue weighted by molar-refractivity contribution is 5.95. The third-order valence-corrected chi connectivity index (χ3v) is 9.00. The number of rotatable bonds is 9. The van der Waals surface area contributed by atoms with Gasteiger partial charge in [-0.1, -0.05) is 6.42 Å². The maximum Gasteiger partial charge on any atom is 0.161 e. The van der Waals surface area contributed by atoms with Gasteiger partial charge >= 0.3 is 0 Å². The molecule has 8 rings (SSSR count). The molecular weight excluding hydrogens is 581 g/mol. The fourth-order valence-electron chi connectivity index (χ4n) is 6.66. The van der Waals surface area contributed by atoms with Gasteiger partial charge in [0.25, 0.3) is 0 Å². The van der Waals surface area contributed by atoms with Crippen molar-refractivity contribution in [3.8, 4) is 39.8 Å². The molecule has 1 aromatic carbocycles. The Morgan fingerprint density at radius 1 is 0.783 bits per heavy atom. The van der Waals surface area contributed by atoms with E-state index in [1.165, 1.54) is 49.8 Å². The molecule has 0 saturated carbocycles. The molecule has 2 saturated heterocycles. The van der Waals surface area contributed by atoms with Gasteiger partial charge < -0.3 is 9.72 Å². The summed E-state index contributed by atoms with van der Waals surface area (Å²) in [5.74, 6) is 0.650. The lowest BCUT2D eigenvalue weighted by molar-refractivity contribution is 0.220. The van der Waals surface area contributed by atoms with Crippen molar-refractivity contribution in [2.75, 3.05) is 39.3 Å². The van der Waals surface area contributed by atoms with Crippen molar-refractivity contribution in [3.63, 3.8) is 0 Å². The molecule has 0 amide bonds. The smallest absolute Gasteiger partial charge is 0.161 e. The van der Waals surface area contributed by atoms with Crippen molar-refractivity contribution in [1.82, 2.24) is 44.9 Å². The standard InChI is InChI=1S/C35H36FN9O/c36-26-17-24(18-27(19-26)46-15-14-44-10-4-5-11-44)31-32-29(8-9-38-31)40-35(41-32)34-33-30(42-43-34)7-6-28(39-33)25-16-23(20-37-21-25)22-45-12-2-1-3-13-45/h6-9,16-21H,1-5,10-15,22H2,(H,40,41)(H,42,43). The van der Waals surface area contributed by atoms with Gasteiger partial charge in [-0.05, 0) is 93.8 Å². The van der Waals surface area contributed by atoms with Crippen molar-refractivity contribution in [2.24, 2.45) is 0 Å². The Hall–Kier alpha value is -4.74. The number of pyridine rings is 3. The molecule has 2 aliphatic rings. The van der Waals surface area contributed by atoms with E-state index in [9.17, 15) is 4.39 Å². The number of hydrogen-bond acceptors (Lipinski definition) is 8. The minimum absolute atomic E-state index is 0.382. The molecule has 0 spiro atoms. The van der Waals surface area contributed by atoms with Crippen LogP contribution in [0.4, 0.5) is 4.39 Å². The topological polar surface area (TPSA) is 112 Å². The van der Waals surface area contributed by atoms with E-state index in [1.54, 1.807) is 6.20 Å². The van der Waals surface area contributed by atoms with Gasteiger partial charge in [0.15, 0.2) is 11.5 Å². The lowest BCUT2D eigenvalue weighted by Gasteiger charge is -2.26. The zero-order valence-electron chi connectivity index (χ0n) is 25.7. The second-order valence-corrected chi connectivity index (χ2v) is 12.3. The summed E-state index contributed by atoms with van der Waals surface area (Å²) >= 11 is 0. The molecule has 0 aliphatic carbocycles. The molecule has 46 heavy (non-hydrogen) atoms. The van der Waals surface area contributed by atoms with Gasteiger partial charge in [-0.3, -0.25) is 24.9 Å².